The molecule has 4 nitrogen and oxygen atoms in total. The summed E-state index contributed by atoms with van der Waals surface area (Å²) in [6.45, 7) is 5.72. The van der Waals surface area contributed by atoms with Crippen molar-refractivity contribution in [2.24, 2.45) is 0 Å². The van der Waals surface area contributed by atoms with Crippen LogP contribution in [0.4, 0.5) is 5.95 Å². The Morgan fingerprint density at radius 1 is 1.21 bits per heavy atom. The van der Waals surface area contributed by atoms with E-state index >= 15 is 0 Å². The molecule has 4 radical (unpaired) electrons. The van der Waals surface area contributed by atoms with Gasteiger partial charge in [0.1, 0.15) is 15.7 Å². The third kappa shape index (κ3) is 2.09. The zero-order valence-electron chi connectivity index (χ0n) is 10.8. The fourth-order valence-electron chi connectivity index (χ4n) is 2.36. The van der Waals surface area contributed by atoms with Crippen molar-refractivity contribution >= 4 is 59.5 Å². The molecule has 1 aliphatic heterocycles. The molecule has 1 aromatic heterocycles. The number of nitrogens with one attached hydrogen (secondary N) is 2. The van der Waals surface area contributed by atoms with E-state index in [1.54, 1.807) is 0 Å². The van der Waals surface area contributed by atoms with E-state index in [4.69, 9.17) is 15.7 Å². The zero-order valence-corrected chi connectivity index (χ0v) is 12.3. The van der Waals surface area contributed by atoms with Crippen molar-refractivity contribution in [1.82, 2.24) is 15.3 Å². The Kier molecular flexibility index (Phi) is 3.35. The van der Waals surface area contributed by atoms with Crippen LogP contribution >= 0.6 is 15.9 Å². The van der Waals surface area contributed by atoms with Crippen LogP contribution in [0.5, 0.6) is 0 Å². The number of nitrogens with zero attached hydrogens (tertiary/aromatic N) is 2. The summed E-state index contributed by atoms with van der Waals surface area (Å²) >= 11 is 3.52. The van der Waals surface area contributed by atoms with Gasteiger partial charge in [-0.2, -0.15) is 0 Å². The molecule has 2 heterocycles. The number of benzene rings is 1. The third-order valence-electron chi connectivity index (χ3n) is 3.63. The largest absolute Gasteiger partial charge is 0.340 e. The monoisotopic (exact) mass is 314 g/mol. The summed E-state index contributed by atoms with van der Waals surface area (Å²) in [6.07, 6.45) is 0. The van der Waals surface area contributed by atoms with Crippen LogP contribution in [0.25, 0.3) is 11.0 Å². The molecule has 1 fully saturated rings. The molecule has 2 aromatic rings. The van der Waals surface area contributed by atoms with Crippen LogP contribution in [-0.2, 0) is 0 Å². The molecule has 94 valence electrons. The summed E-state index contributed by atoms with van der Waals surface area (Å²) in [7, 11) is 12.2. The second-order valence-electron chi connectivity index (χ2n) is 4.79. The Morgan fingerprint density at radius 2 is 1.89 bits per heavy atom. The maximum absolute atomic E-state index is 6.12. The fourth-order valence-corrected chi connectivity index (χ4v) is 2.95. The summed E-state index contributed by atoms with van der Waals surface area (Å²) < 4.78 is 0.836. The number of anilines is 1. The summed E-state index contributed by atoms with van der Waals surface area (Å²) in [5, 5.41) is 3.32. The van der Waals surface area contributed by atoms with E-state index < -0.39 is 0 Å². The van der Waals surface area contributed by atoms with Gasteiger partial charge in [0.2, 0.25) is 5.95 Å². The lowest BCUT2D eigenvalue weighted by Gasteiger charge is -2.26. The number of imidazole rings is 1. The highest BCUT2D eigenvalue weighted by Gasteiger charge is 2.18. The maximum atomic E-state index is 6.12. The average Bonchev–Trinajstić information content (AvgIpc) is 2.89. The van der Waals surface area contributed by atoms with Gasteiger partial charge in [0.05, 0.1) is 11.0 Å². The molecule has 0 spiro atoms. The first kappa shape index (κ1) is 13.1. The van der Waals surface area contributed by atoms with Gasteiger partial charge in [-0.1, -0.05) is 16.5 Å². The Hall–Kier alpha value is -0.940. The number of aromatic nitrogens is 2. The Balaban J connectivity index is 2.14. The van der Waals surface area contributed by atoms with Gasteiger partial charge in [-0.25, -0.2) is 4.98 Å². The van der Waals surface area contributed by atoms with Gasteiger partial charge in [0, 0.05) is 30.7 Å². The van der Waals surface area contributed by atoms with Gasteiger partial charge in [0.15, 0.2) is 0 Å². The first-order valence-corrected chi connectivity index (χ1v) is 7.07. The highest BCUT2D eigenvalue weighted by molar-refractivity contribution is 9.10. The Morgan fingerprint density at radius 3 is 2.58 bits per heavy atom. The van der Waals surface area contributed by atoms with Crippen LogP contribution in [0.15, 0.2) is 4.47 Å². The van der Waals surface area contributed by atoms with Gasteiger partial charge in [-0.15, -0.1) is 0 Å². The zero-order chi connectivity index (χ0) is 13.6. The van der Waals surface area contributed by atoms with Gasteiger partial charge in [-0.3, -0.25) is 0 Å². The van der Waals surface area contributed by atoms with Crippen LogP contribution in [-0.4, -0.2) is 51.8 Å². The predicted octanol–water partition coefficient (Wildman–Crippen LogP) is -0.369. The van der Waals surface area contributed by atoms with Crippen molar-refractivity contribution in [1.29, 1.82) is 0 Å². The molecule has 2 N–H and O–H groups in total. The molecule has 3 rings (SSSR count). The lowest BCUT2D eigenvalue weighted by molar-refractivity contribution is 0.582. The van der Waals surface area contributed by atoms with Gasteiger partial charge in [0.25, 0.3) is 0 Å². The van der Waals surface area contributed by atoms with E-state index in [2.05, 4.69) is 36.1 Å². The van der Waals surface area contributed by atoms with Crippen molar-refractivity contribution in [3.8, 4) is 0 Å². The first-order chi connectivity index (χ1) is 9.09. The second-order valence-corrected chi connectivity index (χ2v) is 5.58. The number of fused-ring (bicyclic) bond motifs is 1. The predicted molar refractivity (Wildman–Crippen MR) is 84.4 cm³/mol. The minimum Gasteiger partial charge on any atom is -0.340 e. The molecule has 0 aliphatic carbocycles. The molecule has 7 heteroatoms. The molecule has 0 atom stereocenters. The lowest BCUT2D eigenvalue weighted by Crippen LogP contribution is -2.44. The molecule has 1 aliphatic rings. The summed E-state index contributed by atoms with van der Waals surface area (Å²) in [4.78, 5) is 10.2. The summed E-state index contributed by atoms with van der Waals surface area (Å²) in [6, 6.07) is 0. The molecule has 1 aromatic carbocycles. The first-order valence-electron chi connectivity index (χ1n) is 6.28. The van der Waals surface area contributed by atoms with Crippen molar-refractivity contribution in [3.05, 3.63) is 10.0 Å². The second kappa shape index (κ2) is 4.87. The molecular formula is C12H13B2BrN4. The van der Waals surface area contributed by atoms with Crippen LogP contribution in [0.2, 0.25) is 0 Å². The molecule has 19 heavy (non-hydrogen) atoms. The Bertz CT molecular complexity index is 589. The molecule has 0 saturated carbocycles. The molecule has 1 saturated heterocycles. The number of halogens is 1. The molecular weight excluding hydrogens is 302 g/mol. The van der Waals surface area contributed by atoms with E-state index in [1.807, 2.05) is 6.92 Å². The molecule has 0 unspecified atom stereocenters. The molecule has 0 bridgehead atoms. The topological polar surface area (TPSA) is 44.0 Å². The number of rotatable bonds is 1. The van der Waals surface area contributed by atoms with Crippen molar-refractivity contribution in [3.63, 3.8) is 0 Å². The normalized spacial score (nSPS) is 16.2. The standard InChI is InChI=1S/C12H13B2BrN4/c1-6-7(13)9(15)11-10(8(6)14)17-12(18-11)19-4-2-16-3-5-19/h16H,2-5H2,1H3,(H,17,18). The van der Waals surface area contributed by atoms with E-state index in [0.29, 0.717) is 10.9 Å². The molecule has 0 amide bonds. The lowest BCUT2D eigenvalue weighted by atomic mass is 9.81. The highest BCUT2D eigenvalue weighted by Crippen LogP contribution is 2.23. The van der Waals surface area contributed by atoms with E-state index in [9.17, 15) is 0 Å². The number of hydrogen-bond acceptors (Lipinski definition) is 3. The Labute approximate surface area is 123 Å². The minimum absolute atomic E-state index is 0.647. The number of H-pyrrole nitrogens is 1. The highest BCUT2D eigenvalue weighted by atomic mass is 79.9. The smallest absolute Gasteiger partial charge is 0.203 e. The minimum atomic E-state index is 0.647. The quantitative estimate of drug-likeness (QED) is 0.706. The maximum Gasteiger partial charge on any atom is 0.203 e. The third-order valence-corrected chi connectivity index (χ3v) is 4.45. The fraction of sp³-hybridized carbons (Fsp3) is 0.417. The van der Waals surface area contributed by atoms with Crippen LogP contribution < -0.4 is 21.1 Å². The number of piperazine rings is 1. The van der Waals surface area contributed by atoms with Gasteiger partial charge < -0.3 is 15.2 Å². The van der Waals surface area contributed by atoms with E-state index in [0.717, 1.165) is 53.2 Å². The van der Waals surface area contributed by atoms with E-state index in [-0.39, 0.29) is 0 Å². The van der Waals surface area contributed by atoms with Crippen LogP contribution in [0.3, 0.4) is 0 Å². The van der Waals surface area contributed by atoms with Crippen LogP contribution in [0, 0.1) is 6.92 Å². The van der Waals surface area contributed by atoms with E-state index in [1.165, 1.54) is 0 Å². The number of hydrogen-bond donors (Lipinski definition) is 2. The van der Waals surface area contributed by atoms with Crippen LogP contribution in [0.1, 0.15) is 5.56 Å². The van der Waals surface area contributed by atoms with Crippen molar-refractivity contribution < 1.29 is 0 Å². The van der Waals surface area contributed by atoms with Crippen molar-refractivity contribution in [2.75, 3.05) is 31.1 Å². The SMILES string of the molecule is [B]c1c(C)c([B])c2nc(N3CCNCC3)[nH]c2c1Br. The van der Waals surface area contributed by atoms with Gasteiger partial charge in [-0.05, 0) is 22.9 Å². The summed E-state index contributed by atoms with van der Waals surface area (Å²) in [5.74, 6) is 0.855. The summed E-state index contributed by atoms with van der Waals surface area (Å²) in [5.41, 5.74) is 3.84. The average molecular weight is 315 g/mol. The van der Waals surface area contributed by atoms with Crippen molar-refractivity contribution in [2.45, 2.75) is 6.92 Å². The van der Waals surface area contributed by atoms with Gasteiger partial charge >= 0.3 is 0 Å². The number of aromatic amines is 1.